The van der Waals surface area contributed by atoms with Gasteiger partial charge in [0.25, 0.3) is 0 Å². The van der Waals surface area contributed by atoms with Crippen LogP contribution in [0.25, 0.3) is 11.3 Å². The molecule has 2 aromatic rings. The molecule has 0 saturated carbocycles. The molecule has 1 aliphatic rings. The first-order valence-electron chi connectivity index (χ1n) is 6.26. The topological polar surface area (TPSA) is 49.8 Å². The van der Waals surface area contributed by atoms with Crippen molar-refractivity contribution in [3.8, 4) is 17.3 Å². The van der Waals surface area contributed by atoms with E-state index in [9.17, 15) is 4.39 Å². The molecule has 0 radical (unpaired) electrons. The molecule has 1 aromatic carbocycles. The Morgan fingerprint density at radius 2 is 2.10 bits per heavy atom. The maximum atomic E-state index is 12.9. The Morgan fingerprint density at radius 1 is 1.30 bits per heavy atom. The number of benzene rings is 1. The number of rotatable bonds is 2. The molecule has 3 nitrogen and oxygen atoms in total. The summed E-state index contributed by atoms with van der Waals surface area (Å²) in [6.07, 6.45) is 6.84. The molecule has 0 N–H and O–H groups in total. The van der Waals surface area contributed by atoms with Crippen LogP contribution >= 0.6 is 0 Å². The number of nitriles is 1. The molecule has 20 heavy (non-hydrogen) atoms. The Balaban J connectivity index is 1.83. The van der Waals surface area contributed by atoms with Crippen LogP contribution in [0, 0.1) is 11.3 Å². The SMILES string of the molecule is N#Cc1ccc(-c2coc(C3C=CC(F)=CC3)n2)cc1. The molecule has 0 saturated heterocycles. The average Bonchev–Trinajstić information content (AvgIpc) is 2.98. The van der Waals surface area contributed by atoms with Crippen LogP contribution in [0.4, 0.5) is 4.39 Å². The second kappa shape index (κ2) is 5.14. The Morgan fingerprint density at radius 3 is 2.75 bits per heavy atom. The van der Waals surface area contributed by atoms with Crippen molar-refractivity contribution in [2.24, 2.45) is 0 Å². The average molecular weight is 266 g/mol. The highest BCUT2D eigenvalue weighted by Crippen LogP contribution is 2.29. The first kappa shape index (κ1) is 12.4. The van der Waals surface area contributed by atoms with Crippen LogP contribution in [0.2, 0.25) is 0 Å². The lowest BCUT2D eigenvalue weighted by Crippen LogP contribution is -1.97. The van der Waals surface area contributed by atoms with Gasteiger partial charge in [-0.05, 0) is 30.7 Å². The van der Waals surface area contributed by atoms with Crippen LogP contribution in [0.5, 0.6) is 0 Å². The van der Waals surface area contributed by atoms with Crippen LogP contribution in [-0.4, -0.2) is 4.98 Å². The first-order valence-corrected chi connectivity index (χ1v) is 6.26. The number of hydrogen-bond acceptors (Lipinski definition) is 3. The van der Waals surface area contributed by atoms with Crippen molar-refractivity contribution in [1.29, 1.82) is 5.26 Å². The lowest BCUT2D eigenvalue weighted by molar-refractivity contribution is 0.471. The van der Waals surface area contributed by atoms with E-state index in [2.05, 4.69) is 11.1 Å². The van der Waals surface area contributed by atoms with Crippen LogP contribution in [0.1, 0.15) is 23.8 Å². The number of oxazole rings is 1. The summed E-state index contributed by atoms with van der Waals surface area (Å²) in [5.74, 6) is 0.325. The van der Waals surface area contributed by atoms with Crippen LogP contribution in [0.15, 0.2) is 59.0 Å². The predicted octanol–water partition coefficient (Wildman–Crippen LogP) is 4.11. The summed E-state index contributed by atoms with van der Waals surface area (Å²) in [6, 6.07) is 9.21. The summed E-state index contributed by atoms with van der Waals surface area (Å²) in [4.78, 5) is 4.43. The van der Waals surface area contributed by atoms with Crippen LogP contribution in [0.3, 0.4) is 0 Å². The molecule has 0 bridgehead atoms. The van der Waals surface area contributed by atoms with Crippen molar-refractivity contribution < 1.29 is 8.81 Å². The minimum absolute atomic E-state index is 0.0263. The quantitative estimate of drug-likeness (QED) is 0.821. The van der Waals surface area contributed by atoms with Gasteiger partial charge in [0, 0.05) is 5.56 Å². The van der Waals surface area contributed by atoms with Gasteiger partial charge in [-0.25, -0.2) is 9.37 Å². The molecule has 1 aliphatic carbocycles. The third-order valence-corrected chi connectivity index (χ3v) is 3.20. The molecule has 1 unspecified atom stereocenters. The fourth-order valence-corrected chi connectivity index (χ4v) is 2.08. The van der Waals surface area contributed by atoms with Crippen molar-refractivity contribution in [1.82, 2.24) is 4.98 Å². The lowest BCUT2D eigenvalue weighted by atomic mass is 10.0. The van der Waals surface area contributed by atoms with Gasteiger partial charge in [-0.1, -0.05) is 18.2 Å². The highest BCUT2D eigenvalue weighted by molar-refractivity contribution is 5.59. The summed E-state index contributed by atoms with van der Waals surface area (Å²) in [6.45, 7) is 0. The molecule has 0 spiro atoms. The minimum atomic E-state index is -0.222. The van der Waals surface area contributed by atoms with Gasteiger partial charge in [-0.3, -0.25) is 0 Å². The molecule has 1 heterocycles. The smallest absolute Gasteiger partial charge is 0.201 e. The summed E-state index contributed by atoms with van der Waals surface area (Å²) < 4.78 is 18.4. The van der Waals surface area contributed by atoms with E-state index in [1.165, 1.54) is 12.2 Å². The molecule has 3 rings (SSSR count). The normalized spacial score (nSPS) is 17.6. The van der Waals surface area contributed by atoms with Gasteiger partial charge in [0.2, 0.25) is 5.89 Å². The maximum Gasteiger partial charge on any atom is 0.201 e. The van der Waals surface area contributed by atoms with E-state index >= 15 is 0 Å². The third-order valence-electron chi connectivity index (χ3n) is 3.20. The summed E-state index contributed by atoms with van der Waals surface area (Å²) in [5, 5.41) is 8.77. The van der Waals surface area contributed by atoms with Crippen molar-refractivity contribution >= 4 is 0 Å². The molecule has 1 atom stereocenters. The zero-order valence-corrected chi connectivity index (χ0v) is 10.6. The standard InChI is InChI=1S/C16H11FN2O/c17-14-7-5-13(6-8-14)16-19-15(10-20-16)12-3-1-11(9-18)2-4-12/h1-5,7-8,10,13H,6H2. The van der Waals surface area contributed by atoms with Crippen LogP contribution in [-0.2, 0) is 0 Å². The van der Waals surface area contributed by atoms with E-state index in [0.717, 1.165) is 5.56 Å². The summed E-state index contributed by atoms with van der Waals surface area (Å²) >= 11 is 0. The minimum Gasteiger partial charge on any atom is -0.448 e. The molecular formula is C16H11FN2O. The van der Waals surface area contributed by atoms with E-state index in [-0.39, 0.29) is 11.7 Å². The van der Waals surface area contributed by atoms with Crippen molar-refractivity contribution in [2.75, 3.05) is 0 Å². The Hall–Kier alpha value is -2.67. The molecule has 0 amide bonds. The monoisotopic (exact) mass is 266 g/mol. The summed E-state index contributed by atoms with van der Waals surface area (Å²) in [7, 11) is 0. The van der Waals surface area contributed by atoms with Gasteiger partial charge in [-0.2, -0.15) is 5.26 Å². The molecule has 0 fully saturated rings. The number of aromatic nitrogens is 1. The van der Waals surface area contributed by atoms with Gasteiger partial charge < -0.3 is 4.42 Å². The van der Waals surface area contributed by atoms with E-state index in [1.54, 1.807) is 24.5 Å². The molecule has 98 valence electrons. The number of nitrogens with zero attached hydrogens (tertiary/aromatic N) is 2. The zero-order valence-electron chi connectivity index (χ0n) is 10.6. The number of halogens is 1. The third kappa shape index (κ3) is 2.39. The van der Waals surface area contributed by atoms with E-state index in [0.29, 0.717) is 23.6 Å². The van der Waals surface area contributed by atoms with Crippen molar-refractivity contribution in [3.63, 3.8) is 0 Å². The Kier molecular flexibility index (Phi) is 3.18. The molecule has 0 aliphatic heterocycles. The van der Waals surface area contributed by atoms with E-state index < -0.39 is 0 Å². The largest absolute Gasteiger partial charge is 0.448 e. The van der Waals surface area contributed by atoms with Gasteiger partial charge >= 0.3 is 0 Å². The van der Waals surface area contributed by atoms with Gasteiger partial charge in [0.1, 0.15) is 17.8 Å². The molecular weight excluding hydrogens is 255 g/mol. The zero-order chi connectivity index (χ0) is 13.9. The highest BCUT2D eigenvalue weighted by Gasteiger charge is 2.17. The van der Waals surface area contributed by atoms with Gasteiger partial charge in [0.05, 0.1) is 17.6 Å². The molecule has 1 aromatic heterocycles. The van der Waals surface area contributed by atoms with Gasteiger partial charge in [-0.15, -0.1) is 0 Å². The fraction of sp³-hybridized carbons (Fsp3) is 0.125. The fourth-order valence-electron chi connectivity index (χ4n) is 2.08. The lowest BCUT2D eigenvalue weighted by Gasteiger charge is -2.08. The number of allylic oxidation sites excluding steroid dienone is 4. The molecule has 4 heteroatoms. The maximum absolute atomic E-state index is 12.9. The summed E-state index contributed by atoms with van der Waals surface area (Å²) in [5.41, 5.74) is 2.21. The highest BCUT2D eigenvalue weighted by atomic mass is 19.1. The first-order chi connectivity index (χ1) is 9.76. The van der Waals surface area contributed by atoms with Crippen molar-refractivity contribution in [2.45, 2.75) is 12.3 Å². The van der Waals surface area contributed by atoms with E-state index in [4.69, 9.17) is 9.68 Å². The van der Waals surface area contributed by atoms with E-state index in [1.807, 2.05) is 12.1 Å². The van der Waals surface area contributed by atoms with Gasteiger partial charge in [0.15, 0.2) is 0 Å². The second-order valence-electron chi connectivity index (χ2n) is 4.55. The number of hydrogen-bond donors (Lipinski definition) is 0. The predicted molar refractivity (Wildman–Crippen MR) is 72.3 cm³/mol. The van der Waals surface area contributed by atoms with Crippen LogP contribution < -0.4 is 0 Å². The Labute approximate surface area is 115 Å². The second-order valence-corrected chi connectivity index (χ2v) is 4.55. The van der Waals surface area contributed by atoms with Crippen molar-refractivity contribution in [3.05, 3.63) is 66.0 Å². The Bertz CT molecular complexity index is 720.